The Morgan fingerprint density at radius 3 is 2.86 bits per heavy atom. The van der Waals surface area contributed by atoms with E-state index in [1.54, 1.807) is 0 Å². The normalized spacial score (nSPS) is 12.4. The van der Waals surface area contributed by atoms with Crippen molar-refractivity contribution in [2.24, 2.45) is 7.05 Å². The number of hydrogen-bond acceptors (Lipinski definition) is 4. The van der Waals surface area contributed by atoms with Gasteiger partial charge in [0.15, 0.2) is 0 Å². The summed E-state index contributed by atoms with van der Waals surface area (Å²) in [5.41, 5.74) is 1.04. The second kappa shape index (κ2) is 7.13. The van der Waals surface area contributed by atoms with Gasteiger partial charge in [-0.1, -0.05) is 6.07 Å². The van der Waals surface area contributed by atoms with Gasteiger partial charge in [-0.05, 0) is 33.2 Å². The summed E-state index contributed by atoms with van der Waals surface area (Å²) < 4.78 is 7.77. The predicted octanol–water partition coefficient (Wildman–Crippen LogP) is 2.53. The largest absolute Gasteiger partial charge is 0.492 e. The Morgan fingerprint density at radius 1 is 1.38 bits per heavy atom. The van der Waals surface area contributed by atoms with Crippen LogP contribution in [0.15, 0.2) is 36.7 Å². The second-order valence-corrected chi connectivity index (χ2v) is 5.44. The summed E-state index contributed by atoms with van der Waals surface area (Å²) in [6.07, 6.45) is 3.77. The molecule has 0 aliphatic heterocycles. The van der Waals surface area contributed by atoms with Crippen molar-refractivity contribution in [2.45, 2.75) is 13.0 Å². The van der Waals surface area contributed by atoms with Gasteiger partial charge in [0.2, 0.25) is 0 Å². The molecule has 0 fully saturated rings. The van der Waals surface area contributed by atoms with Crippen molar-refractivity contribution in [2.75, 3.05) is 32.6 Å². The zero-order chi connectivity index (χ0) is 15.2. The maximum Gasteiger partial charge on any atom is 0.130 e. The molecule has 0 aliphatic carbocycles. The molecule has 0 saturated heterocycles. The van der Waals surface area contributed by atoms with Gasteiger partial charge >= 0.3 is 0 Å². The monoisotopic (exact) mass is 288 g/mol. The number of rotatable bonds is 7. The number of aryl methyl sites for hydroxylation is 1. The van der Waals surface area contributed by atoms with Crippen LogP contribution in [-0.2, 0) is 7.05 Å². The van der Waals surface area contributed by atoms with Gasteiger partial charge in [-0.25, -0.2) is 4.98 Å². The summed E-state index contributed by atoms with van der Waals surface area (Å²) in [7, 11) is 6.08. The van der Waals surface area contributed by atoms with Crippen molar-refractivity contribution in [1.82, 2.24) is 14.5 Å². The summed E-state index contributed by atoms with van der Waals surface area (Å²) in [6.45, 7) is 3.69. The van der Waals surface area contributed by atoms with E-state index in [0.29, 0.717) is 6.61 Å². The Morgan fingerprint density at radius 2 is 2.19 bits per heavy atom. The Bertz CT molecular complexity index is 565. The van der Waals surface area contributed by atoms with E-state index in [1.165, 1.54) is 0 Å². The van der Waals surface area contributed by atoms with Gasteiger partial charge in [0, 0.05) is 37.7 Å². The van der Waals surface area contributed by atoms with Crippen LogP contribution in [0.5, 0.6) is 5.75 Å². The third-order valence-corrected chi connectivity index (χ3v) is 3.27. The molecule has 0 radical (unpaired) electrons. The summed E-state index contributed by atoms with van der Waals surface area (Å²) in [5, 5.41) is 3.45. The first kappa shape index (κ1) is 15.4. The lowest BCUT2D eigenvalue weighted by Gasteiger charge is -2.16. The molecule has 1 heterocycles. The fourth-order valence-electron chi connectivity index (χ4n) is 2.13. The first-order valence-corrected chi connectivity index (χ1v) is 7.17. The molecule has 21 heavy (non-hydrogen) atoms. The minimum absolute atomic E-state index is 0.141. The quantitative estimate of drug-likeness (QED) is 0.850. The molecule has 2 rings (SSSR count). The first-order chi connectivity index (χ1) is 10.1. The average molecular weight is 288 g/mol. The SMILES string of the molecule is CC(Nc1cccc(OCCN(C)C)c1)c1nccn1C. The lowest BCUT2D eigenvalue weighted by Crippen LogP contribution is -2.19. The average Bonchev–Trinajstić information content (AvgIpc) is 2.85. The fraction of sp³-hybridized carbons (Fsp3) is 0.438. The molecule has 5 heteroatoms. The van der Waals surface area contributed by atoms with Crippen LogP contribution in [-0.4, -0.2) is 41.7 Å². The Balaban J connectivity index is 1.96. The Hall–Kier alpha value is -2.01. The van der Waals surface area contributed by atoms with Gasteiger partial charge in [-0.15, -0.1) is 0 Å². The molecule has 114 valence electrons. The van der Waals surface area contributed by atoms with Crippen LogP contribution in [0.3, 0.4) is 0 Å². The van der Waals surface area contributed by atoms with Crippen LogP contribution in [0.4, 0.5) is 5.69 Å². The van der Waals surface area contributed by atoms with E-state index in [2.05, 4.69) is 22.1 Å². The predicted molar refractivity (Wildman–Crippen MR) is 85.7 cm³/mol. The van der Waals surface area contributed by atoms with E-state index < -0.39 is 0 Å². The van der Waals surface area contributed by atoms with Gasteiger partial charge in [-0.3, -0.25) is 0 Å². The van der Waals surface area contributed by atoms with Crippen molar-refractivity contribution in [3.05, 3.63) is 42.5 Å². The number of likely N-dealkylation sites (N-methyl/N-ethyl adjacent to an activating group) is 1. The highest BCUT2D eigenvalue weighted by molar-refractivity contribution is 5.49. The topological polar surface area (TPSA) is 42.3 Å². The van der Waals surface area contributed by atoms with Gasteiger partial charge in [0.25, 0.3) is 0 Å². The molecular weight excluding hydrogens is 264 g/mol. The third-order valence-electron chi connectivity index (χ3n) is 3.27. The Labute approximate surface area is 126 Å². The van der Waals surface area contributed by atoms with E-state index in [1.807, 2.05) is 62.4 Å². The minimum atomic E-state index is 0.141. The molecular formula is C16H24N4O. The van der Waals surface area contributed by atoms with Crippen molar-refractivity contribution in [3.63, 3.8) is 0 Å². The van der Waals surface area contributed by atoms with Crippen LogP contribution in [0.2, 0.25) is 0 Å². The van der Waals surface area contributed by atoms with Crippen molar-refractivity contribution < 1.29 is 4.74 Å². The van der Waals surface area contributed by atoms with Crippen molar-refractivity contribution in [3.8, 4) is 5.75 Å². The molecule has 1 N–H and O–H groups in total. The fourth-order valence-corrected chi connectivity index (χ4v) is 2.13. The van der Waals surface area contributed by atoms with E-state index in [0.717, 1.165) is 23.8 Å². The summed E-state index contributed by atoms with van der Waals surface area (Å²) >= 11 is 0. The smallest absolute Gasteiger partial charge is 0.130 e. The minimum Gasteiger partial charge on any atom is -0.492 e. The first-order valence-electron chi connectivity index (χ1n) is 7.17. The number of ether oxygens (including phenoxy) is 1. The number of anilines is 1. The molecule has 0 spiro atoms. The molecule has 1 unspecified atom stereocenters. The lowest BCUT2D eigenvalue weighted by molar-refractivity contribution is 0.261. The maximum absolute atomic E-state index is 5.75. The second-order valence-electron chi connectivity index (χ2n) is 5.44. The van der Waals surface area contributed by atoms with Crippen molar-refractivity contribution >= 4 is 5.69 Å². The van der Waals surface area contributed by atoms with Crippen LogP contribution in [0.25, 0.3) is 0 Å². The van der Waals surface area contributed by atoms with E-state index in [-0.39, 0.29) is 6.04 Å². The standard InChI is InChI=1S/C16H24N4O/c1-13(16-17-8-9-20(16)4)18-14-6-5-7-15(12-14)21-11-10-19(2)3/h5-9,12-13,18H,10-11H2,1-4H3. The highest BCUT2D eigenvalue weighted by atomic mass is 16.5. The highest BCUT2D eigenvalue weighted by Gasteiger charge is 2.10. The molecule has 2 aromatic rings. The third kappa shape index (κ3) is 4.49. The number of nitrogens with zero attached hydrogens (tertiary/aromatic N) is 3. The van der Waals surface area contributed by atoms with Crippen molar-refractivity contribution in [1.29, 1.82) is 0 Å². The van der Waals surface area contributed by atoms with E-state index in [4.69, 9.17) is 4.74 Å². The van der Waals surface area contributed by atoms with Crippen LogP contribution < -0.4 is 10.1 Å². The van der Waals surface area contributed by atoms with Gasteiger partial charge < -0.3 is 19.5 Å². The number of aromatic nitrogens is 2. The molecule has 0 saturated carbocycles. The maximum atomic E-state index is 5.75. The number of imidazole rings is 1. The molecule has 1 aromatic heterocycles. The number of hydrogen-bond donors (Lipinski definition) is 1. The summed E-state index contributed by atoms with van der Waals surface area (Å²) in [5.74, 6) is 1.89. The number of nitrogens with one attached hydrogen (secondary N) is 1. The van der Waals surface area contributed by atoms with Gasteiger partial charge in [-0.2, -0.15) is 0 Å². The van der Waals surface area contributed by atoms with Crippen LogP contribution >= 0.6 is 0 Å². The molecule has 0 amide bonds. The zero-order valence-corrected chi connectivity index (χ0v) is 13.2. The van der Waals surface area contributed by atoms with Gasteiger partial charge in [0.05, 0.1) is 6.04 Å². The van der Waals surface area contributed by atoms with Gasteiger partial charge in [0.1, 0.15) is 18.2 Å². The van der Waals surface area contributed by atoms with Crippen LogP contribution in [0.1, 0.15) is 18.8 Å². The number of benzene rings is 1. The molecule has 0 bridgehead atoms. The van der Waals surface area contributed by atoms with E-state index >= 15 is 0 Å². The Kier molecular flexibility index (Phi) is 5.22. The molecule has 1 aromatic carbocycles. The highest BCUT2D eigenvalue weighted by Crippen LogP contribution is 2.21. The van der Waals surface area contributed by atoms with Crippen LogP contribution in [0, 0.1) is 0 Å². The molecule has 1 atom stereocenters. The zero-order valence-electron chi connectivity index (χ0n) is 13.2. The molecule has 0 aliphatic rings. The molecule has 5 nitrogen and oxygen atoms in total. The lowest BCUT2D eigenvalue weighted by atomic mass is 10.2. The summed E-state index contributed by atoms with van der Waals surface area (Å²) in [4.78, 5) is 6.47. The summed E-state index contributed by atoms with van der Waals surface area (Å²) in [6, 6.07) is 8.18. The van der Waals surface area contributed by atoms with E-state index in [9.17, 15) is 0 Å².